The van der Waals surface area contributed by atoms with E-state index in [4.69, 9.17) is 4.74 Å². The summed E-state index contributed by atoms with van der Waals surface area (Å²) in [7, 11) is 0. The van der Waals surface area contributed by atoms with E-state index in [1.54, 1.807) is 41.6 Å². The van der Waals surface area contributed by atoms with Crippen LogP contribution in [0.15, 0.2) is 85.6 Å². The van der Waals surface area contributed by atoms with Crippen LogP contribution in [0.1, 0.15) is 40.7 Å². The minimum absolute atomic E-state index is 0.115. The number of ether oxygens (including phenoxy) is 1. The highest BCUT2D eigenvalue weighted by atomic mass is 16.5. The Labute approximate surface area is 198 Å². The van der Waals surface area contributed by atoms with Crippen LogP contribution in [-0.2, 0) is 13.1 Å². The SMILES string of the molecule is O=C(c1cnn2cccnc12)N(Cc1ccncc1)Cc1ccc(OC[C@@H]2CC=CCC2)cc1. The molecule has 1 aromatic carbocycles. The lowest BCUT2D eigenvalue weighted by Crippen LogP contribution is -2.30. The van der Waals surface area contributed by atoms with Gasteiger partial charge in [-0.3, -0.25) is 9.78 Å². The molecule has 1 aliphatic rings. The zero-order valence-electron chi connectivity index (χ0n) is 19.0. The van der Waals surface area contributed by atoms with Gasteiger partial charge in [0.1, 0.15) is 11.3 Å². The normalized spacial score (nSPS) is 15.4. The van der Waals surface area contributed by atoms with Gasteiger partial charge in [0.15, 0.2) is 5.65 Å². The number of hydrogen-bond acceptors (Lipinski definition) is 5. The average molecular weight is 454 g/mol. The highest BCUT2D eigenvalue weighted by Gasteiger charge is 2.21. The molecule has 1 aliphatic carbocycles. The van der Waals surface area contributed by atoms with Crippen LogP contribution in [0, 0.1) is 5.92 Å². The van der Waals surface area contributed by atoms with Gasteiger partial charge in [-0.1, -0.05) is 24.3 Å². The van der Waals surface area contributed by atoms with Crippen molar-refractivity contribution in [2.75, 3.05) is 6.61 Å². The second-order valence-electron chi connectivity index (χ2n) is 8.57. The van der Waals surface area contributed by atoms with Crippen LogP contribution in [-0.4, -0.2) is 37.0 Å². The molecule has 0 saturated carbocycles. The fourth-order valence-electron chi connectivity index (χ4n) is 4.19. The number of amides is 1. The van der Waals surface area contributed by atoms with Gasteiger partial charge in [-0.2, -0.15) is 5.10 Å². The maximum Gasteiger partial charge on any atom is 0.259 e. The van der Waals surface area contributed by atoms with E-state index in [-0.39, 0.29) is 5.91 Å². The lowest BCUT2D eigenvalue weighted by atomic mass is 9.95. The molecule has 0 radical (unpaired) electrons. The topological polar surface area (TPSA) is 72.6 Å². The van der Waals surface area contributed by atoms with Crippen molar-refractivity contribution in [1.82, 2.24) is 24.5 Å². The first-order valence-corrected chi connectivity index (χ1v) is 11.6. The molecule has 4 aromatic rings. The average Bonchev–Trinajstić information content (AvgIpc) is 3.33. The van der Waals surface area contributed by atoms with Gasteiger partial charge in [-0.15, -0.1) is 0 Å². The Balaban J connectivity index is 1.32. The number of rotatable bonds is 8. The second kappa shape index (κ2) is 10.3. The van der Waals surface area contributed by atoms with Gasteiger partial charge in [0, 0.05) is 37.9 Å². The van der Waals surface area contributed by atoms with Gasteiger partial charge in [-0.25, -0.2) is 9.50 Å². The number of pyridine rings is 1. The summed E-state index contributed by atoms with van der Waals surface area (Å²) in [6.45, 7) is 1.65. The molecular weight excluding hydrogens is 426 g/mol. The lowest BCUT2D eigenvalue weighted by molar-refractivity contribution is 0.0731. The molecule has 0 unspecified atom stereocenters. The molecule has 5 rings (SSSR count). The van der Waals surface area contributed by atoms with Gasteiger partial charge in [-0.05, 0) is 66.6 Å². The lowest BCUT2D eigenvalue weighted by Gasteiger charge is -2.23. The Morgan fingerprint density at radius 2 is 1.82 bits per heavy atom. The Morgan fingerprint density at radius 1 is 1.03 bits per heavy atom. The van der Waals surface area contributed by atoms with Crippen LogP contribution in [0.3, 0.4) is 0 Å². The van der Waals surface area contributed by atoms with E-state index < -0.39 is 0 Å². The number of carbonyl (C=O) groups excluding carboxylic acids is 1. The number of aromatic nitrogens is 4. The summed E-state index contributed by atoms with van der Waals surface area (Å²) in [4.78, 5) is 23.8. The van der Waals surface area contributed by atoms with Crippen LogP contribution in [0.4, 0.5) is 0 Å². The van der Waals surface area contributed by atoms with Crippen molar-refractivity contribution in [3.8, 4) is 5.75 Å². The van der Waals surface area contributed by atoms with E-state index in [9.17, 15) is 4.79 Å². The van der Waals surface area contributed by atoms with Crippen LogP contribution >= 0.6 is 0 Å². The summed E-state index contributed by atoms with van der Waals surface area (Å²) < 4.78 is 7.63. The predicted octanol–water partition coefficient (Wildman–Crippen LogP) is 4.70. The molecule has 0 bridgehead atoms. The molecule has 34 heavy (non-hydrogen) atoms. The van der Waals surface area contributed by atoms with Gasteiger partial charge >= 0.3 is 0 Å². The van der Waals surface area contributed by atoms with Crippen molar-refractivity contribution in [1.29, 1.82) is 0 Å². The maximum atomic E-state index is 13.6. The number of allylic oxidation sites excluding steroid dienone is 2. The van der Waals surface area contributed by atoms with E-state index >= 15 is 0 Å². The largest absolute Gasteiger partial charge is 0.493 e. The number of fused-ring (bicyclic) bond motifs is 1. The third kappa shape index (κ3) is 5.14. The van der Waals surface area contributed by atoms with E-state index in [0.29, 0.717) is 30.2 Å². The fraction of sp³-hybridized carbons (Fsp3) is 0.259. The van der Waals surface area contributed by atoms with Crippen molar-refractivity contribution >= 4 is 11.6 Å². The molecule has 1 atom stereocenters. The zero-order chi connectivity index (χ0) is 23.2. The molecule has 172 valence electrons. The molecular formula is C27H27N5O2. The third-order valence-electron chi connectivity index (χ3n) is 6.08. The first-order chi connectivity index (χ1) is 16.8. The first kappa shape index (κ1) is 21.8. The van der Waals surface area contributed by atoms with Crippen molar-refractivity contribution in [2.45, 2.75) is 32.4 Å². The summed E-state index contributed by atoms with van der Waals surface area (Å²) in [5.41, 5.74) is 3.07. The predicted molar refractivity (Wildman–Crippen MR) is 129 cm³/mol. The summed E-state index contributed by atoms with van der Waals surface area (Å²) in [5.74, 6) is 1.32. The second-order valence-corrected chi connectivity index (χ2v) is 8.57. The Hall–Kier alpha value is -4.00. The smallest absolute Gasteiger partial charge is 0.259 e. The van der Waals surface area contributed by atoms with Crippen molar-refractivity contribution in [3.05, 3.63) is 102 Å². The van der Waals surface area contributed by atoms with Crippen LogP contribution in [0.5, 0.6) is 5.75 Å². The fourth-order valence-corrected chi connectivity index (χ4v) is 4.19. The van der Waals surface area contributed by atoms with E-state index in [2.05, 4.69) is 27.2 Å². The molecule has 3 aromatic heterocycles. The molecule has 0 fully saturated rings. The van der Waals surface area contributed by atoms with E-state index in [1.807, 2.05) is 41.3 Å². The monoisotopic (exact) mass is 453 g/mol. The molecule has 0 N–H and O–H groups in total. The summed E-state index contributed by atoms with van der Waals surface area (Å²) in [5, 5.41) is 4.28. The highest BCUT2D eigenvalue weighted by molar-refractivity contribution is 5.99. The molecule has 3 heterocycles. The highest BCUT2D eigenvalue weighted by Crippen LogP contribution is 2.22. The van der Waals surface area contributed by atoms with E-state index in [1.165, 1.54) is 6.42 Å². The number of nitrogens with zero attached hydrogens (tertiary/aromatic N) is 5. The molecule has 0 saturated heterocycles. The number of benzene rings is 1. The molecule has 0 aliphatic heterocycles. The van der Waals surface area contributed by atoms with Gasteiger partial charge in [0.25, 0.3) is 5.91 Å². The van der Waals surface area contributed by atoms with Crippen molar-refractivity contribution in [2.24, 2.45) is 5.92 Å². The molecule has 7 heteroatoms. The van der Waals surface area contributed by atoms with Gasteiger partial charge in [0.2, 0.25) is 0 Å². The minimum Gasteiger partial charge on any atom is -0.493 e. The maximum absolute atomic E-state index is 13.6. The Bertz CT molecular complexity index is 1270. The van der Waals surface area contributed by atoms with Crippen LogP contribution < -0.4 is 4.74 Å². The molecule has 1 amide bonds. The van der Waals surface area contributed by atoms with Crippen molar-refractivity contribution in [3.63, 3.8) is 0 Å². The Kier molecular flexibility index (Phi) is 6.61. The summed E-state index contributed by atoms with van der Waals surface area (Å²) >= 11 is 0. The minimum atomic E-state index is -0.115. The van der Waals surface area contributed by atoms with Crippen LogP contribution in [0.25, 0.3) is 5.65 Å². The summed E-state index contributed by atoms with van der Waals surface area (Å²) in [6.07, 6.45) is 16.4. The zero-order valence-corrected chi connectivity index (χ0v) is 19.0. The van der Waals surface area contributed by atoms with E-state index in [0.717, 1.165) is 36.3 Å². The molecule has 0 spiro atoms. The number of carbonyl (C=O) groups is 1. The van der Waals surface area contributed by atoms with Crippen LogP contribution in [0.2, 0.25) is 0 Å². The Morgan fingerprint density at radius 3 is 2.59 bits per heavy atom. The number of hydrogen-bond donors (Lipinski definition) is 0. The van der Waals surface area contributed by atoms with Gasteiger partial charge < -0.3 is 9.64 Å². The molecule has 7 nitrogen and oxygen atoms in total. The van der Waals surface area contributed by atoms with Gasteiger partial charge in [0.05, 0.1) is 12.8 Å². The van der Waals surface area contributed by atoms with Crippen molar-refractivity contribution < 1.29 is 9.53 Å². The third-order valence-corrected chi connectivity index (χ3v) is 6.08. The first-order valence-electron chi connectivity index (χ1n) is 11.6. The quantitative estimate of drug-likeness (QED) is 0.362. The standard InChI is InChI=1S/C27H27N5O2/c33-27(25-17-30-32-16-4-13-29-26(25)32)31(19-22-11-14-28-15-12-22)18-21-7-9-24(10-8-21)34-20-23-5-2-1-3-6-23/h1-2,4,7-17,23H,3,5-6,18-20H2/t23-/m1/s1. The summed E-state index contributed by atoms with van der Waals surface area (Å²) in [6, 6.07) is 13.7.